The molecular weight excluding hydrogens is 258 g/mol. The molecule has 0 N–H and O–H groups in total. The Kier molecular flexibility index (Phi) is 4.55. The van der Waals surface area contributed by atoms with Crippen molar-refractivity contribution in [3.63, 3.8) is 0 Å². The Hall–Kier alpha value is -1.10. The van der Waals surface area contributed by atoms with Crippen LogP contribution in [0.3, 0.4) is 0 Å². The number of methoxy groups -OCH3 is 1. The molecule has 0 aliphatic heterocycles. The molecule has 0 radical (unpaired) electrons. The molecule has 1 heterocycles. The maximum Gasteiger partial charge on any atom is 0.232 e. The fourth-order valence-electron chi connectivity index (χ4n) is 1.15. The molecule has 0 saturated carbocycles. The van der Waals surface area contributed by atoms with E-state index in [-0.39, 0.29) is 0 Å². The molecule has 1 aromatic heterocycles. The van der Waals surface area contributed by atoms with Crippen LogP contribution in [0.2, 0.25) is 0 Å². The van der Waals surface area contributed by atoms with Crippen LogP contribution in [0.5, 0.6) is 5.88 Å². The van der Waals surface area contributed by atoms with Crippen molar-refractivity contribution in [1.29, 1.82) is 0 Å². The van der Waals surface area contributed by atoms with Crippen LogP contribution in [-0.4, -0.2) is 30.2 Å². The second-order valence-electron chi connectivity index (χ2n) is 2.85. The van der Waals surface area contributed by atoms with Gasteiger partial charge in [0.2, 0.25) is 11.8 Å². The number of ether oxygens (including phenoxy) is 1. The van der Waals surface area contributed by atoms with Gasteiger partial charge < -0.3 is 9.64 Å². The Morgan fingerprint density at radius 1 is 1.67 bits per heavy atom. The maximum atomic E-state index is 5.11. The summed E-state index contributed by atoms with van der Waals surface area (Å²) in [7, 11) is 1.58. The highest BCUT2D eigenvalue weighted by Gasteiger charge is 2.09. The Morgan fingerprint density at radius 3 is 2.93 bits per heavy atom. The van der Waals surface area contributed by atoms with Gasteiger partial charge in [-0.25, -0.2) is 4.98 Å². The smallest absolute Gasteiger partial charge is 0.232 e. The standard InChI is InChI=1S/C10H14BrN3O/c1-4-6-14(5-2)10-12-7-8(11)9(13-10)15-3/h4,7H,1,5-6H2,2-3H3. The second kappa shape index (κ2) is 5.70. The lowest BCUT2D eigenvalue weighted by molar-refractivity contribution is 0.394. The summed E-state index contributed by atoms with van der Waals surface area (Å²) in [5.41, 5.74) is 0. The highest BCUT2D eigenvalue weighted by Crippen LogP contribution is 2.23. The Bertz CT molecular complexity index is 343. The van der Waals surface area contributed by atoms with Gasteiger partial charge in [-0.15, -0.1) is 6.58 Å². The van der Waals surface area contributed by atoms with Gasteiger partial charge >= 0.3 is 0 Å². The summed E-state index contributed by atoms with van der Waals surface area (Å²) < 4.78 is 5.86. The van der Waals surface area contributed by atoms with E-state index in [4.69, 9.17) is 4.74 Å². The third-order valence-corrected chi connectivity index (χ3v) is 2.45. The predicted molar refractivity (Wildman–Crippen MR) is 64.4 cm³/mol. The van der Waals surface area contributed by atoms with Gasteiger partial charge in [-0.2, -0.15) is 4.98 Å². The van der Waals surface area contributed by atoms with Crippen LogP contribution in [-0.2, 0) is 0 Å². The number of likely N-dealkylation sites (N-methyl/N-ethyl adjacent to an activating group) is 1. The van der Waals surface area contributed by atoms with E-state index in [1.54, 1.807) is 13.3 Å². The fourth-order valence-corrected chi connectivity index (χ4v) is 1.50. The van der Waals surface area contributed by atoms with Gasteiger partial charge in [-0.1, -0.05) is 6.08 Å². The highest BCUT2D eigenvalue weighted by molar-refractivity contribution is 9.10. The van der Waals surface area contributed by atoms with Crippen LogP contribution in [0.15, 0.2) is 23.3 Å². The lowest BCUT2D eigenvalue weighted by Gasteiger charge is -2.19. The summed E-state index contributed by atoms with van der Waals surface area (Å²) >= 11 is 3.31. The first-order valence-corrected chi connectivity index (χ1v) is 5.44. The van der Waals surface area contributed by atoms with Crippen molar-refractivity contribution >= 4 is 21.9 Å². The molecule has 0 aromatic carbocycles. The maximum absolute atomic E-state index is 5.11. The van der Waals surface area contributed by atoms with E-state index < -0.39 is 0 Å². The van der Waals surface area contributed by atoms with Crippen LogP contribution in [0.4, 0.5) is 5.95 Å². The van der Waals surface area contributed by atoms with Crippen LogP contribution < -0.4 is 9.64 Å². The summed E-state index contributed by atoms with van der Waals surface area (Å²) in [6.07, 6.45) is 3.51. The SMILES string of the molecule is C=CCN(CC)c1ncc(Br)c(OC)n1. The van der Waals surface area contributed by atoms with Gasteiger partial charge in [-0.3, -0.25) is 0 Å². The molecule has 4 nitrogen and oxygen atoms in total. The summed E-state index contributed by atoms with van der Waals surface area (Å²) in [4.78, 5) is 10.5. The minimum Gasteiger partial charge on any atom is -0.480 e. The minimum absolute atomic E-state index is 0.544. The zero-order chi connectivity index (χ0) is 11.3. The number of rotatable bonds is 5. The molecule has 0 amide bonds. The number of aromatic nitrogens is 2. The topological polar surface area (TPSA) is 38.2 Å². The summed E-state index contributed by atoms with van der Waals surface area (Å²) in [5.74, 6) is 1.19. The van der Waals surface area contributed by atoms with E-state index in [0.717, 1.165) is 17.6 Å². The molecule has 0 aliphatic rings. The number of hydrogen-bond acceptors (Lipinski definition) is 4. The zero-order valence-electron chi connectivity index (χ0n) is 8.90. The lowest BCUT2D eigenvalue weighted by atomic mass is 10.5. The van der Waals surface area contributed by atoms with E-state index in [1.165, 1.54) is 0 Å². The number of hydrogen-bond donors (Lipinski definition) is 0. The molecule has 0 spiro atoms. The first-order valence-electron chi connectivity index (χ1n) is 4.65. The van der Waals surface area contributed by atoms with Crippen molar-refractivity contribution in [2.45, 2.75) is 6.92 Å². The first kappa shape index (κ1) is 12.0. The molecule has 15 heavy (non-hydrogen) atoms. The minimum atomic E-state index is 0.544. The Morgan fingerprint density at radius 2 is 2.40 bits per heavy atom. The number of nitrogens with zero attached hydrogens (tertiary/aromatic N) is 3. The number of anilines is 1. The molecule has 0 fully saturated rings. The summed E-state index contributed by atoms with van der Waals surface area (Å²) in [6, 6.07) is 0. The molecule has 1 rings (SSSR count). The van der Waals surface area contributed by atoms with E-state index in [9.17, 15) is 0 Å². The quantitative estimate of drug-likeness (QED) is 0.771. The molecule has 0 atom stereocenters. The Labute approximate surface area is 98.1 Å². The van der Waals surface area contributed by atoms with Crippen molar-refractivity contribution in [2.24, 2.45) is 0 Å². The molecule has 0 aliphatic carbocycles. The third-order valence-electron chi connectivity index (χ3n) is 1.91. The molecule has 82 valence electrons. The lowest BCUT2D eigenvalue weighted by Crippen LogP contribution is -2.24. The van der Waals surface area contributed by atoms with Gasteiger partial charge in [0, 0.05) is 13.1 Å². The van der Waals surface area contributed by atoms with Crippen molar-refractivity contribution in [2.75, 3.05) is 25.1 Å². The van der Waals surface area contributed by atoms with E-state index >= 15 is 0 Å². The van der Waals surface area contributed by atoms with E-state index in [1.807, 2.05) is 17.9 Å². The fraction of sp³-hybridized carbons (Fsp3) is 0.400. The average Bonchev–Trinajstić information content (AvgIpc) is 2.27. The zero-order valence-corrected chi connectivity index (χ0v) is 10.5. The van der Waals surface area contributed by atoms with Gasteiger partial charge in [0.05, 0.1) is 17.8 Å². The third kappa shape index (κ3) is 2.92. The van der Waals surface area contributed by atoms with Gasteiger partial charge in [-0.05, 0) is 22.9 Å². The van der Waals surface area contributed by atoms with Crippen LogP contribution in [0, 0.1) is 0 Å². The van der Waals surface area contributed by atoms with Crippen LogP contribution >= 0.6 is 15.9 Å². The van der Waals surface area contributed by atoms with E-state index in [0.29, 0.717) is 11.8 Å². The molecule has 0 unspecified atom stereocenters. The van der Waals surface area contributed by atoms with Crippen LogP contribution in [0.25, 0.3) is 0 Å². The normalized spacial score (nSPS) is 9.80. The summed E-state index contributed by atoms with van der Waals surface area (Å²) in [6.45, 7) is 7.29. The van der Waals surface area contributed by atoms with Crippen molar-refractivity contribution < 1.29 is 4.74 Å². The van der Waals surface area contributed by atoms with Gasteiger partial charge in [0.25, 0.3) is 0 Å². The van der Waals surface area contributed by atoms with Gasteiger partial charge in [0.15, 0.2) is 0 Å². The Balaban J connectivity index is 2.97. The van der Waals surface area contributed by atoms with Crippen LogP contribution in [0.1, 0.15) is 6.92 Å². The molecular formula is C10H14BrN3O. The molecule has 5 heteroatoms. The van der Waals surface area contributed by atoms with Crippen molar-refractivity contribution in [3.8, 4) is 5.88 Å². The number of halogens is 1. The average molecular weight is 272 g/mol. The largest absolute Gasteiger partial charge is 0.480 e. The van der Waals surface area contributed by atoms with E-state index in [2.05, 4.69) is 32.5 Å². The molecule has 0 bridgehead atoms. The van der Waals surface area contributed by atoms with Crippen molar-refractivity contribution in [3.05, 3.63) is 23.3 Å². The summed E-state index contributed by atoms with van der Waals surface area (Å²) in [5, 5.41) is 0. The first-order chi connectivity index (χ1) is 7.22. The highest BCUT2D eigenvalue weighted by atomic mass is 79.9. The second-order valence-corrected chi connectivity index (χ2v) is 3.71. The predicted octanol–water partition coefficient (Wildman–Crippen LogP) is 2.26. The molecule has 0 saturated heterocycles. The monoisotopic (exact) mass is 271 g/mol. The molecule has 1 aromatic rings. The van der Waals surface area contributed by atoms with Gasteiger partial charge in [0.1, 0.15) is 0 Å². The van der Waals surface area contributed by atoms with Crippen molar-refractivity contribution in [1.82, 2.24) is 9.97 Å².